The Balaban J connectivity index is 1.39. The zero-order valence-corrected chi connectivity index (χ0v) is 15.5. The molecule has 0 radical (unpaired) electrons. The molecule has 1 saturated carbocycles. The maximum absolute atomic E-state index is 8.85. The van der Waals surface area contributed by atoms with E-state index in [0.717, 1.165) is 49.5 Å². The van der Waals surface area contributed by atoms with Gasteiger partial charge in [-0.15, -0.1) is 0 Å². The third-order valence-corrected chi connectivity index (χ3v) is 5.51. The Labute approximate surface area is 155 Å². The van der Waals surface area contributed by atoms with Gasteiger partial charge in [0.2, 0.25) is 0 Å². The van der Waals surface area contributed by atoms with Crippen LogP contribution in [0.15, 0.2) is 18.3 Å². The smallest absolute Gasteiger partial charge is 0.128 e. The molecule has 1 aliphatic heterocycles. The summed E-state index contributed by atoms with van der Waals surface area (Å²) < 4.78 is 5.89. The molecule has 3 rings (SSSR count). The van der Waals surface area contributed by atoms with E-state index in [1.54, 1.807) is 6.20 Å². The highest BCUT2D eigenvalue weighted by molar-refractivity contribution is 7.80. The van der Waals surface area contributed by atoms with Gasteiger partial charge in [-0.25, -0.2) is 4.98 Å². The first-order valence-electron chi connectivity index (χ1n) is 9.23. The van der Waals surface area contributed by atoms with Crippen LogP contribution in [0.25, 0.3) is 0 Å². The van der Waals surface area contributed by atoms with Crippen LogP contribution in [0.2, 0.25) is 0 Å². The Morgan fingerprint density at radius 2 is 1.96 bits per heavy atom. The fourth-order valence-electron chi connectivity index (χ4n) is 3.58. The highest BCUT2D eigenvalue weighted by Crippen LogP contribution is 2.23. The summed E-state index contributed by atoms with van der Waals surface area (Å²) >= 11 is 5.56. The largest absolute Gasteiger partial charge is 0.374 e. The summed E-state index contributed by atoms with van der Waals surface area (Å²) in [5.74, 6) is 1.66. The number of nitrogens with zero attached hydrogens (tertiary/aromatic N) is 4. The first-order valence-corrected chi connectivity index (χ1v) is 9.63. The van der Waals surface area contributed by atoms with Crippen molar-refractivity contribution in [2.24, 2.45) is 5.92 Å². The normalized spacial score (nSPS) is 18.8. The summed E-state index contributed by atoms with van der Waals surface area (Å²) in [6, 6.07) is 5.84. The van der Waals surface area contributed by atoms with E-state index in [1.807, 2.05) is 12.1 Å². The number of hydrogen-bond acceptors (Lipinski definition) is 5. The number of pyridine rings is 1. The van der Waals surface area contributed by atoms with Gasteiger partial charge < -0.3 is 14.5 Å². The highest BCUT2D eigenvalue weighted by atomic mass is 32.1. The highest BCUT2D eigenvalue weighted by Gasteiger charge is 2.20. The van der Waals surface area contributed by atoms with E-state index in [2.05, 4.69) is 20.9 Å². The summed E-state index contributed by atoms with van der Waals surface area (Å²) in [5, 5.41) is 8.85. The van der Waals surface area contributed by atoms with E-state index in [4.69, 9.17) is 22.2 Å². The van der Waals surface area contributed by atoms with Crippen molar-refractivity contribution in [3.63, 3.8) is 0 Å². The second kappa shape index (κ2) is 9.12. The molecular weight excluding hydrogens is 332 g/mol. The fraction of sp³-hybridized carbons (Fsp3) is 0.632. The molecule has 0 amide bonds. The van der Waals surface area contributed by atoms with Crippen LogP contribution < -0.4 is 4.90 Å². The maximum Gasteiger partial charge on any atom is 0.128 e. The first-order chi connectivity index (χ1) is 12.3. The molecule has 0 spiro atoms. The van der Waals surface area contributed by atoms with Crippen LogP contribution in [0.3, 0.4) is 0 Å². The van der Waals surface area contributed by atoms with Gasteiger partial charge >= 0.3 is 0 Å². The standard InChI is InChI=1S/C19H26N4OS/c20-12-17-6-7-18(21-13-17)22-8-10-23(11-9-22)19(25)15-24-14-16-4-2-1-3-5-16/h6-7,13,16H,1-5,8-11,14-15H2. The lowest BCUT2D eigenvalue weighted by molar-refractivity contribution is 0.108. The Morgan fingerprint density at radius 3 is 2.60 bits per heavy atom. The molecule has 2 aliphatic rings. The van der Waals surface area contributed by atoms with Crippen molar-refractivity contribution in [1.29, 1.82) is 5.26 Å². The van der Waals surface area contributed by atoms with Crippen molar-refractivity contribution in [1.82, 2.24) is 9.88 Å². The Bertz CT molecular complexity index is 599. The summed E-state index contributed by atoms with van der Waals surface area (Å²) in [4.78, 5) is 9.78. The van der Waals surface area contributed by atoms with Crippen molar-refractivity contribution in [2.45, 2.75) is 32.1 Å². The Morgan fingerprint density at radius 1 is 1.20 bits per heavy atom. The van der Waals surface area contributed by atoms with Gasteiger partial charge in [0, 0.05) is 39.0 Å². The number of nitriles is 1. The van der Waals surface area contributed by atoms with Gasteiger partial charge in [-0.2, -0.15) is 5.26 Å². The predicted molar refractivity (Wildman–Crippen MR) is 103 cm³/mol. The Hall–Kier alpha value is -1.71. The Kier molecular flexibility index (Phi) is 6.60. The van der Waals surface area contributed by atoms with E-state index in [0.29, 0.717) is 12.2 Å². The SMILES string of the molecule is N#Cc1ccc(N2CCN(C(=S)COCC3CCCCC3)CC2)nc1. The number of aromatic nitrogens is 1. The molecular formula is C19H26N4OS. The van der Waals surface area contributed by atoms with Crippen LogP contribution in [0.1, 0.15) is 37.7 Å². The van der Waals surface area contributed by atoms with Crippen molar-refractivity contribution >= 4 is 23.0 Å². The molecule has 1 aliphatic carbocycles. The van der Waals surface area contributed by atoms with Crippen molar-refractivity contribution in [3.05, 3.63) is 23.9 Å². The molecule has 0 N–H and O–H groups in total. The molecule has 134 valence electrons. The lowest BCUT2D eigenvalue weighted by atomic mass is 9.90. The minimum Gasteiger partial charge on any atom is -0.374 e. The minimum absolute atomic E-state index is 0.570. The third kappa shape index (κ3) is 5.13. The quantitative estimate of drug-likeness (QED) is 0.754. The van der Waals surface area contributed by atoms with Gasteiger partial charge in [-0.3, -0.25) is 0 Å². The number of rotatable bonds is 5. The molecule has 0 atom stereocenters. The number of thiocarbonyl (C=S) groups is 1. The molecule has 0 bridgehead atoms. The molecule has 5 nitrogen and oxygen atoms in total. The van der Waals surface area contributed by atoms with Gasteiger partial charge in [0.15, 0.2) is 0 Å². The van der Waals surface area contributed by atoms with Crippen LogP contribution in [0, 0.1) is 17.2 Å². The second-order valence-corrected chi connectivity index (χ2v) is 7.38. The second-order valence-electron chi connectivity index (χ2n) is 6.90. The monoisotopic (exact) mass is 358 g/mol. The van der Waals surface area contributed by atoms with Gasteiger partial charge in [0.1, 0.15) is 16.9 Å². The molecule has 0 aromatic carbocycles. The molecule has 2 fully saturated rings. The van der Waals surface area contributed by atoms with Crippen LogP contribution >= 0.6 is 12.2 Å². The van der Waals surface area contributed by atoms with Crippen LogP contribution in [0.5, 0.6) is 0 Å². The molecule has 1 aromatic heterocycles. The van der Waals surface area contributed by atoms with Crippen molar-refractivity contribution in [2.75, 3.05) is 44.3 Å². The van der Waals surface area contributed by atoms with E-state index < -0.39 is 0 Å². The number of piperazine rings is 1. The average Bonchev–Trinajstić information content (AvgIpc) is 2.69. The van der Waals surface area contributed by atoms with Crippen LogP contribution in [-0.2, 0) is 4.74 Å². The van der Waals surface area contributed by atoms with E-state index in [-0.39, 0.29) is 0 Å². The lowest BCUT2D eigenvalue weighted by Crippen LogP contribution is -2.49. The third-order valence-electron chi connectivity index (χ3n) is 5.14. The molecule has 6 heteroatoms. The van der Waals surface area contributed by atoms with Crippen LogP contribution in [-0.4, -0.2) is 54.3 Å². The van der Waals surface area contributed by atoms with E-state index in [1.165, 1.54) is 32.1 Å². The maximum atomic E-state index is 8.85. The number of hydrogen-bond donors (Lipinski definition) is 0. The topological polar surface area (TPSA) is 52.4 Å². The summed E-state index contributed by atoms with van der Waals surface area (Å²) in [6.07, 6.45) is 8.33. The zero-order valence-electron chi connectivity index (χ0n) is 14.7. The van der Waals surface area contributed by atoms with Gasteiger partial charge in [-0.05, 0) is 30.9 Å². The molecule has 2 heterocycles. The molecule has 1 aromatic rings. The average molecular weight is 359 g/mol. The summed E-state index contributed by atoms with van der Waals surface area (Å²) in [6.45, 7) is 5.00. The molecule has 0 unspecified atom stereocenters. The molecule has 25 heavy (non-hydrogen) atoms. The van der Waals surface area contributed by atoms with Crippen molar-refractivity contribution < 1.29 is 4.74 Å². The van der Waals surface area contributed by atoms with E-state index in [9.17, 15) is 0 Å². The fourth-order valence-corrected chi connectivity index (χ4v) is 3.85. The van der Waals surface area contributed by atoms with Gasteiger partial charge in [-0.1, -0.05) is 31.5 Å². The molecule has 1 saturated heterocycles. The zero-order chi connectivity index (χ0) is 17.5. The van der Waals surface area contributed by atoms with E-state index >= 15 is 0 Å². The summed E-state index contributed by atoms with van der Waals surface area (Å²) in [5.41, 5.74) is 0.596. The summed E-state index contributed by atoms with van der Waals surface area (Å²) in [7, 11) is 0. The first kappa shape index (κ1) is 18.1. The number of anilines is 1. The number of ether oxygens (including phenoxy) is 1. The minimum atomic E-state index is 0.570. The van der Waals surface area contributed by atoms with Gasteiger partial charge in [0.25, 0.3) is 0 Å². The van der Waals surface area contributed by atoms with Gasteiger partial charge in [0.05, 0.1) is 12.2 Å². The predicted octanol–water partition coefficient (Wildman–Crippen LogP) is 3.00. The lowest BCUT2D eigenvalue weighted by Gasteiger charge is -2.36. The van der Waals surface area contributed by atoms with Crippen LogP contribution in [0.4, 0.5) is 5.82 Å². The van der Waals surface area contributed by atoms with Crippen molar-refractivity contribution in [3.8, 4) is 6.07 Å².